The van der Waals surface area contributed by atoms with Gasteiger partial charge in [-0.15, -0.1) is 0 Å². The summed E-state index contributed by atoms with van der Waals surface area (Å²) < 4.78 is 47.7. The molecular formula is C23H36FN7O4S. The van der Waals surface area contributed by atoms with E-state index in [1.165, 1.54) is 0 Å². The van der Waals surface area contributed by atoms with E-state index in [0.717, 1.165) is 5.69 Å². The highest BCUT2D eigenvalue weighted by atomic mass is 32.2. The van der Waals surface area contributed by atoms with Gasteiger partial charge in [0.05, 0.1) is 12.4 Å². The Morgan fingerprint density at radius 3 is 2.36 bits per heavy atom. The van der Waals surface area contributed by atoms with Gasteiger partial charge in [0.1, 0.15) is 0 Å². The van der Waals surface area contributed by atoms with Gasteiger partial charge in [0.25, 0.3) is 0 Å². The van der Waals surface area contributed by atoms with E-state index in [9.17, 15) is 13.2 Å². The highest BCUT2D eigenvalue weighted by molar-refractivity contribution is 7.89. The maximum atomic E-state index is 15.3. The molecule has 3 heterocycles. The number of nitrogens with zero attached hydrogens (tertiary/aromatic N) is 5. The number of aromatic nitrogens is 4. The van der Waals surface area contributed by atoms with E-state index in [0.29, 0.717) is 31.5 Å². The zero-order valence-corrected chi connectivity index (χ0v) is 22.5. The quantitative estimate of drug-likeness (QED) is 0.448. The van der Waals surface area contributed by atoms with E-state index < -0.39 is 27.5 Å². The molecule has 2 aromatic heterocycles. The van der Waals surface area contributed by atoms with Crippen LogP contribution in [0.5, 0.6) is 0 Å². The summed E-state index contributed by atoms with van der Waals surface area (Å²) in [5, 5.41) is 9.63. The summed E-state index contributed by atoms with van der Waals surface area (Å²) in [6, 6.07) is 1.19. The van der Waals surface area contributed by atoms with Crippen molar-refractivity contribution in [3.63, 3.8) is 0 Å². The van der Waals surface area contributed by atoms with Crippen LogP contribution in [0.2, 0.25) is 0 Å². The zero-order chi connectivity index (χ0) is 26.6. The average molecular weight is 526 g/mol. The van der Waals surface area contributed by atoms with E-state index in [4.69, 9.17) is 4.74 Å². The Balaban J connectivity index is 1.99. The standard InChI is InChI=1S/C23H36FN7O4S/c1-7-15-12-17(13-16(8-2)31(15)36(33,34)10-4)30(6)23-26-20(22(32)35-9-3)19(24)21(27-23)25-18-11-14(5)28-29-18/h11,15-17H,7-10,12-13H2,1-6H3,(H2,25,26,27,28,29)/t15-,16+,17?. The van der Waals surface area contributed by atoms with E-state index in [1.807, 2.05) is 13.8 Å². The summed E-state index contributed by atoms with van der Waals surface area (Å²) in [4.78, 5) is 22.9. The maximum absolute atomic E-state index is 15.3. The van der Waals surface area contributed by atoms with Crippen LogP contribution in [-0.2, 0) is 14.8 Å². The lowest BCUT2D eigenvalue weighted by molar-refractivity contribution is 0.0513. The molecule has 36 heavy (non-hydrogen) atoms. The molecular weight excluding hydrogens is 489 g/mol. The number of carbonyl (C=O) groups excluding carboxylic acids is 1. The van der Waals surface area contributed by atoms with Crippen molar-refractivity contribution in [1.29, 1.82) is 0 Å². The van der Waals surface area contributed by atoms with Crippen LogP contribution in [0.3, 0.4) is 0 Å². The summed E-state index contributed by atoms with van der Waals surface area (Å²) in [6.07, 6.45) is 2.42. The molecule has 0 aromatic carbocycles. The summed E-state index contributed by atoms with van der Waals surface area (Å²) in [5.74, 6) is -1.51. The summed E-state index contributed by atoms with van der Waals surface area (Å²) >= 11 is 0. The van der Waals surface area contributed by atoms with Crippen molar-refractivity contribution in [2.75, 3.05) is 29.6 Å². The first-order valence-corrected chi connectivity index (χ1v) is 13.9. The van der Waals surface area contributed by atoms with Gasteiger partial charge in [-0.1, -0.05) is 13.8 Å². The fraction of sp³-hybridized carbons (Fsp3) is 0.652. The molecule has 0 saturated carbocycles. The Bertz CT molecular complexity index is 1160. The van der Waals surface area contributed by atoms with Crippen LogP contribution in [0.1, 0.15) is 69.6 Å². The second-order valence-electron chi connectivity index (χ2n) is 8.91. The summed E-state index contributed by atoms with van der Waals surface area (Å²) in [6.45, 7) is 9.10. The SMILES string of the molecule is CCOC(=O)c1nc(N(C)C2C[C@@H](CC)N(S(=O)(=O)CC)[C@@H](CC)C2)nc(Nc2cc(C)[nH]n2)c1F. The first-order chi connectivity index (χ1) is 17.1. The number of hydrogen-bond acceptors (Lipinski definition) is 9. The van der Waals surface area contributed by atoms with Gasteiger partial charge in [-0.2, -0.15) is 14.4 Å². The molecule has 3 rings (SSSR count). The van der Waals surface area contributed by atoms with E-state index in [2.05, 4.69) is 25.5 Å². The van der Waals surface area contributed by atoms with Crippen molar-refractivity contribution in [3.05, 3.63) is 23.3 Å². The minimum Gasteiger partial charge on any atom is -0.461 e. The number of ether oxygens (including phenoxy) is 1. The molecule has 200 valence electrons. The minimum absolute atomic E-state index is 0.0478. The molecule has 0 aliphatic carbocycles. The van der Waals surface area contributed by atoms with Gasteiger partial charge in [0, 0.05) is 36.9 Å². The molecule has 0 bridgehead atoms. The van der Waals surface area contributed by atoms with Crippen molar-refractivity contribution in [3.8, 4) is 0 Å². The average Bonchev–Trinajstić information content (AvgIpc) is 3.28. The Labute approximate surface area is 211 Å². The lowest BCUT2D eigenvalue weighted by Crippen LogP contribution is -2.56. The highest BCUT2D eigenvalue weighted by Gasteiger charge is 2.42. The smallest absolute Gasteiger partial charge is 0.360 e. The van der Waals surface area contributed by atoms with Crippen LogP contribution in [0.25, 0.3) is 0 Å². The topological polar surface area (TPSA) is 133 Å². The number of H-pyrrole nitrogens is 1. The maximum Gasteiger partial charge on any atom is 0.360 e. The third kappa shape index (κ3) is 5.77. The van der Waals surface area contributed by atoms with Gasteiger partial charge >= 0.3 is 5.97 Å². The normalized spacial score (nSPS) is 20.8. The van der Waals surface area contributed by atoms with Gasteiger partial charge < -0.3 is 15.0 Å². The first kappa shape index (κ1) is 27.8. The van der Waals surface area contributed by atoms with Gasteiger partial charge in [-0.05, 0) is 46.5 Å². The number of esters is 1. The van der Waals surface area contributed by atoms with Crippen LogP contribution in [0, 0.1) is 12.7 Å². The fourth-order valence-corrected chi connectivity index (χ4v) is 6.30. The molecule has 2 N–H and O–H groups in total. The number of rotatable bonds is 10. The highest BCUT2D eigenvalue weighted by Crippen LogP contribution is 2.34. The number of piperidine rings is 1. The molecule has 0 amide bonds. The summed E-state index contributed by atoms with van der Waals surface area (Å²) in [7, 11) is -1.60. The molecule has 0 spiro atoms. The van der Waals surface area contributed by atoms with E-state index >= 15 is 4.39 Å². The van der Waals surface area contributed by atoms with Crippen molar-refractivity contribution >= 4 is 33.6 Å². The zero-order valence-electron chi connectivity index (χ0n) is 21.7. The van der Waals surface area contributed by atoms with Crippen LogP contribution in [0.4, 0.5) is 22.0 Å². The van der Waals surface area contributed by atoms with E-state index in [-0.39, 0.29) is 42.3 Å². The second-order valence-corrected chi connectivity index (χ2v) is 11.1. The molecule has 1 saturated heterocycles. The van der Waals surface area contributed by atoms with Crippen LogP contribution in [-0.4, -0.2) is 76.4 Å². The molecule has 1 aliphatic rings. The summed E-state index contributed by atoms with van der Waals surface area (Å²) in [5.41, 5.74) is 0.286. The molecule has 13 heteroatoms. The van der Waals surface area contributed by atoms with Gasteiger partial charge in [-0.25, -0.2) is 22.6 Å². The van der Waals surface area contributed by atoms with Crippen LogP contribution in [0.15, 0.2) is 6.07 Å². The molecule has 2 aromatic rings. The Kier molecular flexibility index (Phi) is 8.88. The van der Waals surface area contributed by atoms with Gasteiger partial charge in [-0.3, -0.25) is 5.10 Å². The number of aromatic amines is 1. The number of aryl methyl sites for hydroxylation is 1. The molecule has 1 aliphatic heterocycles. The molecule has 0 radical (unpaired) electrons. The lowest BCUT2D eigenvalue weighted by atomic mass is 9.90. The Morgan fingerprint density at radius 2 is 1.86 bits per heavy atom. The molecule has 1 fully saturated rings. The number of sulfonamides is 1. The monoisotopic (exact) mass is 525 g/mol. The minimum atomic E-state index is -3.37. The molecule has 3 atom stereocenters. The number of nitrogens with one attached hydrogen (secondary N) is 2. The number of anilines is 3. The molecule has 1 unspecified atom stereocenters. The predicted octanol–water partition coefficient (Wildman–Crippen LogP) is 3.38. The van der Waals surface area contributed by atoms with Gasteiger partial charge in [0.2, 0.25) is 16.0 Å². The third-order valence-corrected chi connectivity index (χ3v) is 8.53. The molecule has 11 nitrogen and oxygen atoms in total. The second kappa shape index (κ2) is 11.5. The lowest BCUT2D eigenvalue weighted by Gasteiger charge is -2.46. The first-order valence-electron chi connectivity index (χ1n) is 12.3. The predicted molar refractivity (Wildman–Crippen MR) is 135 cm³/mol. The van der Waals surface area contributed by atoms with Crippen LogP contribution < -0.4 is 10.2 Å². The van der Waals surface area contributed by atoms with Crippen molar-refractivity contribution in [2.45, 2.75) is 78.4 Å². The van der Waals surface area contributed by atoms with Crippen molar-refractivity contribution < 1.29 is 22.3 Å². The fourth-order valence-electron chi connectivity index (χ4n) is 4.62. The van der Waals surface area contributed by atoms with E-state index in [1.54, 1.807) is 43.1 Å². The number of hydrogen-bond donors (Lipinski definition) is 2. The number of carbonyl (C=O) groups is 1. The Morgan fingerprint density at radius 1 is 1.22 bits per heavy atom. The number of halogens is 1. The van der Waals surface area contributed by atoms with Crippen molar-refractivity contribution in [2.24, 2.45) is 0 Å². The Hall–Kier alpha value is -2.80. The third-order valence-electron chi connectivity index (χ3n) is 6.56. The largest absolute Gasteiger partial charge is 0.461 e. The van der Waals surface area contributed by atoms with Gasteiger partial charge in [0.15, 0.2) is 23.1 Å². The van der Waals surface area contributed by atoms with Crippen molar-refractivity contribution in [1.82, 2.24) is 24.5 Å². The van der Waals surface area contributed by atoms with Crippen LogP contribution >= 0.6 is 0 Å².